The van der Waals surface area contributed by atoms with Crippen LogP contribution in [0, 0.1) is 0 Å². The van der Waals surface area contributed by atoms with E-state index in [1.807, 2.05) is 42.5 Å². The third-order valence-electron chi connectivity index (χ3n) is 7.64. The van der Waals surface area contributed by atoms with Gasteiger partial charge in [0, 0.05) is 23.4 Å². The second kappa shape index (κ2) is 9.65. The number of hydrogen-bond donors (Lipinski definition) is 1. The summed E-state index contributed by atoms with van der Waals surface area (Å²) in [6.07, 6.45) is 11.4. The zero-order valence-electron chi connectivity index (χ0n) is 20.9. The van der Waals surface area contributed by atoms with Gasteiger partial charge in [0.2, 0.25) is 5.95 Å². The van der Waals surface area contributed by atoms with Crippen molar-refractivity contribution in [2.24, 2.45) is 5.10 Å². The highest BCUT2D eigenvalue weighted by molar-refractivity contribution is 5.80. The molecule has 1 spiro atoms. The number of nitrogens with zero attached hydrogens (tertiary/aromatic N) is 4. The Bertz CT molecular complexity index is 1520. The number of anilines is 1. The summed E-state index contributed by atoms with van der Waals surface area (Å²) in [6.45, 7) is 0. The number of aromatic nitrogens is 3. The van der Waals surface area contributed by atoms with Gasteiger partial charge in [0.25, 0.3) is 5.56 Å². The molecule has 0 atom stereocenters. The molecule has 4 aromatic rings. The van der Waals surface area contributed by atoms with Gasteiger partial charge in [-0.3, -0.25) is 9.78 Å². The summed E-state index contributed by atoms with van der Waals surface area (Å²) in [6, 6.07) is 19.6. The molecule has 2 aliphatic rings. The standard InChI is InChI=1S/C30H29N5O2/c1-37-25-12-6-5-11-24(25)35-28(36)26-27(33-29(35)34-32-20-21-13-17-31-18-14-21)23-10-4-3-9-22(23)19-30(26)15-7-2-8-16-30/h3-6,9-14,17-18,20H,2,7-8,15-16,19H2,1H3,(H,33,34). The van der Waals surface area contributed by atoms with Crippen molar-refractivity contribution in [2.45, 2.75) is 43.9 Å². The largest absolute Gasteiger partial charge is 0.495 e. The summed E-state index contributed by atoms with van der Waals surface area (Å²) in [4.78, 5) is 23.8. The lowest BCUT2D eigenvalue weighted by atomic mass is 9.62. The predicted molar refractivity (Wildman–Crippen MR) is 146 cm³/mol. The zero-order chi connectivity index (χ0) is 25.2. The molecule has 0 amide bonds. The number of hydrogen-bond acceptors (Lipinski definition) is 6. The molecule has 2 aliphatic carbocycles. The fourth-order valence-corrected chi connectivity index (χ4v) is 5.93. The molecule has 7 nitrogen and oxygen atoms in total. The second-order valence-corrected chi connectivity index (χ2v) is 9.80. The maximum Gasteiger partial charge on any atom is 0.264 e. The van der Waals surface area contributed by atoms with Crippen molar-refractivity contribution in [3.05, 3.63) is 100 Å². The maximum atomic E-state index is 14.6. The molecule has 7 heteroatoms. The zero-order valence-corrected chi connectivity index (χ0v) is 20.9. The maximum absolute atomic E-state index is 14.6. The minimum Gasteiger partial charge on any atom is -0.495 e. The van der Waals surface area contributed by atoms with Gasteiger partial charge in [0.1, 0.15) is 5.75 Å². The van der Waals surface area contributed by atoms with Gasteiger partial charge in [-0.2, -0.15) is 5.10 Å². The predicted octanol–water partition coefficient (Wildman–Crippen LogP) is 5.51. The first-order chi connectivity index (χ1) is 18.2. The molecule has 0 radical (unpaired) electrons. The normalized spacial score (nSPS) is 15.8. The van der Waals surface area contributed by atoms with Crippen LogP contribution in [0.1, 0.15) is 48.8 Å². The van der Waals surface area contributed by atoms with E-state index in [4.69, 9.17) is 9.72 Å². The summed E-state index contributed by atoms with van der Waals surface area (Å²) in [5.74, 6) is 0.947. The van der Waals surface area contributed by atoms with Gasteiger partial charge in [-0.1, -0.05) is 55.7 Å². The highest BCUT2D eigenvalue weighted by Crippen LogP contribution is 2.49. The monoisotopic (exact) mass is 491 g/mol. The van der Waals surface area contributed by atoms with Crippen molar-refractivity contribution < 1.29 is 4.74 Å². The van der Waals surface area contributed by atoms with Crippen LogP contribution in [0.3, 0.4) is 0 Å². The Labute approximate surface area is 215 Å². The van der Waals surface area contributed by atoms with Gasteiger partial charge in [-0.05, 0) is 54.7 Å². The average Bonchev–Trinajstić information content (AvgIpc) is 2.94. The molecule has 0 unspecified atom stereocenters. The molecule has 2 aromatic carbocycles. The van der Waals surface area contributed by atoms with E-state index in [0.717, 1.165) is 54.5 Å². The van der Waals surface area contributed by atoms with E-state index in [0.29, 0.717) is 17.4 Å². The minimum atomic E-state index is -0.214. The van der Waals surface area contributed by atoms with Crippen LogP contribution >= 0.6 is 0 Å². The van der Waals surface area contributed by atoms with Crippen LogP contribution in [0.25, 0.3) is 16.9 Å². The van der Waals surface area contributed by atoms with Crippen molar-refractivity contribution in [3.8, 4) is 22.7 Å². The van der Waals surface area contributed by atoms with E-state index in [1.54, 1.807) is 30.3 Å². The van der Waals surface area contributed by atoms with E-state index < -0.39 is 0 Å². The number of fused-ring (bicyclic) bond motifs is 4. The molecule has 0 aliphatic heterocycles. The third kappa shape index (κ3) is 4.10. The Morgan fingerprint density at radius 1 is 1.00 bits per heavy atom. The van der Waals surface area contributed by atoms with Crippen molar-refractivity contribution in [1.29, 1.82) is 0 Å². The molecule has 186 valence electrons. The number of para-hydroxylation sites is 2. The fourth-order valence-electron chi connectivity index (χ4n) is 5.93. The Balaban J connectivity index is 1.60. The third-order valence-corrected chi connectivity index (χ3v) is 7.64. The number of hydrazone groups is 1. The van der Waals surface area contributed by atoms with E-state index in [2.05, 4.69) is 33.7 Å². The van der Waals surface area contributed by atoms with Crippen molar-refractivity contribution in [1.82, 2.24) is 14.5 Å². The van der Waals surface area contributed by atoms with Crippen LogP contribution in [0.15, 0.2) is 83.0 Å². The number of rotatable bonds is 5. The van der Waals surface area contributed by atoms with Gasteiger partial charge in [0.15, 0.2) is 0 Å². The van der Waals surface area contributed by atoms with E-state index >= 15 is 0 Å². The fraction of sp³-hybridized carbons (Fsp3) is 0.267. The van der Waals surface area contributed by atoms with Gasteiger partial charge < -0.3 is 4.74 Å². The number of ether oxygens (including phenoxy) is 1. The molecule has 1 saturated carbocycles. The minimum absolute atomic E-state index is 0.0625. The second-order valence-electron chi connectivity index (χ2n) is 9.80. The number of methoxy groups -OCH3 is 1. The van der Waals surface area contributed by atoms with Gasteiger partial charge >= 0.3 is 0 Å². The number of benzene rings is 2. The first-order valence-electron chi connectivity index (χ1n) is 12.8. The molecule has 0 saturated heterocycles. The molecule has 1 fully saturated rings. The molecular weight excluding hydrogens is 462 g/mol. The topological polar surface area (TPSA) is 81.4 Å². The molecule has 2 heterocycles. The van der Waals surface area contributed by atoms with Gasteiger partial charge in [-0.15, -0.1) is 0 Å². The van der Waals surface area contributed by atoms with Gasteiger partial charge in [-0.25, -0.2) is 15.0 Å². The quantitative estimate of drug-likeness (QED) is 0.294. The van der Waals surface area contributed by atoms with E-state index in [9.17, 15) is 4.79 Å². The molecule has 2 aromatic heterocycles. The summed E-state index contributed by atoms with van der Waals surface area (Å²) in [5.41, 5.74) is 8.18. The molecular formula is C30H29N5O2. The SMILES string of the molecule is COc1ccccc1-n1c(NN=Cc2ccncc2)nc2c(c1=O)C1(CCCCC1)Cc1ccccc1-2. The number of pyridine rings is 1. The highest BCUT2D eigenvalue weighted by Gasteiger charge is 2.43. The van der Waals surface area contributed by atoms with Crippen LogP contribution in [0.5, 0.6) is 5.75 Å². The smallest absolute Gasteiger partial charge is 0.264 e. The Morgan fingerprint density at radius 3 is 2.57 bits per heavy atom. The Hall–Kier alpha value is -4.26. The summed E-state index contributed by atoms with van der Waals surface area (Å²) in [5, 5.41) is 4.44. The van der Waals surface area contributed by atoms with Crippen molar-refractivity contribution in [3.63, 3.8) is 0 Å². The lowest BCUT2D eigenvalue weighted by Crippen LogP contribution is -2.43. The summed E-state index contributed by atoms with van der Waals surface area (Å²) < 4.78 is 7.29. The van der Waals surface area contributed by atoms with Gasteiger partial charge in [0.05, 0.1) is 30.3 Å². The average molecular weight is 492 g/mol. The molecule has 37 heavy (non-hydrogen) atoms. The summed E-state index contributed by atoms with van der Waals surface area (Å²) >= 11 is 0. The van der Waals surface area contributed by atoms with Crippen LogP contribution in [0.2, 0.25) is 0 Å². The van der Waals surface area contributed by atoms with Crippen LogP contribution < -0.4 is 15.7 Å². The summed E-state index contributed by atoms with van der Waals surface area (Å²) in [7, 11) is 1.61. The first-order valence-corrected chi connectivity index (χ1v) is 12.8. The lowest BCUT2D eigenvalue weighted by Gasteiger charge is -2.42. The Morgan fingerprint density at radius 2 is 1.76 bits per heavy atom. The van der Waals surface area contributed by atoms with Crippen LogP contribution in [-0.4, -0.2) is 27.9 Å². The van der Waals surface area contributed by atoms with Crippen LogP contribution in [0.4, 0.5) is 5.95 Å². The molecule has 0 bridgehead atoms. The van der Waals surface area contributed by atoms with E-state index in [-0.39, 0.29) is 11.0 Å². The van der Waals surface area contributed by atoms with Crippen molar-refractivity contribution in [2.75, 3.05) is 12.5 Å². The lowest BCUT2D eigenvalue weighted by molar-refractivity contribution is 0.284. The van der Waals surface area contributed by atoms with Crippen molar-refractivity contribution >= 4 is 12.2 Å². The Kier molecular flexibility index (Phi) is 6.04. The van der Waals surface area contributed by atoms with Crippen LogP contribution in [-0.2, 0) is 11.8 Å². The van der Waals surface area contributed by atoms with E-state index in [1.165, 1.54) is 12.0 Å². The molecule has 6 rings (SSSR count). The highest BCUT2D eigenvalue weighted by atomic mass is 16.5. The molecule has 1 N–H and O–H groups in total. The first kappa shape index (κ1) is 23.2. The number of nitrogens with one attached hydrogen (secondary N) is 1.